The molecule has 3 nitrogen and oxygen atoms in total. The van der Waals surface area contributed by atoms with Gasteiger partial charge in [0.25, 0.3) is 0 Å². The maximum Gasteiger partial charge on any atom is 0.119 e. The van der Waals surface area contributed by atoms with Gasteiger partial charge in [0, 0.05) is 6.54 Å². The zero-order valence-electron chi connectivity index (χ0n) is 10.2. The summed E-state index contributed by atoms with van der Waals surface area (Å²) in [6.45, 7) is 1.08. The van der Waals surface area contributed by atoms with Crippen LogP contribution in [-0.4, -0.2) is 23.9 Å². The van der Waals surface area contributed by atoms with Crippen LogP contribution >= 0.6 is 0 Å². The summed E-state index contributed by atoms with van der Waals surface area (Å²) >= 11 is 0. The van der Waals surface area contributed by atoms with Crippen molar-refractivity contribution >= 4 is 0 Å². The van der Waals surface area contributed by atoms with Crippen molar-refractivity contribution in [2.45, 2.75) is 37.7 Å². The van der Waals surface area contributed by atoms with Crippen molar-refractivity contribution in [2.24, 2.45) is 5.73 Å². The average molecular weight is 235 g/mol. The normalized spacial score (nSPS) is 17.5. The molecule has 1 fully saturated rings. The van der Waals surface area contributed by atoms with Gasteiger partial charge in [-0.05, 0) is 49.8 Å². The second kappa shape index (κ2) is 5.52. The minimum atomic E-state index is -0.395. The van der Waals surface area contributed by atoms with Crippen LogP contribution in [0.15, 0.2) is 24.3 Å². The molecule has 94 valence electrons. The Labute approximate surface area is 103 Å². The van der Waals surface area contributed by atoms with Gasteiger partial charge in [-0.25, -0.2) is 0 Å². The molecule has 0 radical (unpaired) electrons. The molecule has 3 heteroatoms. The van der Waals surface area contributed by atoms with E-state index in [9.17, 15) is 5.11 Å². The van der Waals surface area contributed by atoms with Gasteiger partial charge in [-0.1, -0.05) is 12.1 Å². The molecule has 0 unspecified atom stereocenters. The zero-order chi connectivity index (χ0) is 12.1. The maximum atomic E-state index is 10.0. The highest BCUT2D eigenvalue weighted by atomic mass is 16.5. The summed E-state index contributed by atoms with van der Waals surface area (Å²) in [6.07, 6.45) is 4.84. The summed E-state index contributed by atoms with van der Waals surface area (Å²) in [4.78, 5) is 0. The van der Waals surface area contributed by atoms with Crippen LogP contribution in [0.25, 0.3) is 0 Å². The van der Waals surface area contributed by atoms with E-state index < -0.39 is 5.60 Å². The van der Waals surface area contributed by atoms with E-state index in [0.29, 0.717) is 13.2 Å². The van der Waals surface area contributed by atoms with Crippen LogP contribution in [0.4, 0.5) is 0 Å². The molecule has 1 aromatic carbocycles. The van der Waals surface area contributed by atoms with Crippen molar-refractivity contribution in [1.29, 1.82) is 0 Å². The summed E-state index contributed by atoms with van der Waals surface area (Å²) in [6, 6.07) is 8.05. The van der Waals surface area contributed by atoms with Gasteiger partial charge in [-0.2, -0.15) is 0 Å². The summed E-state index contributed by atoms with van der Waals surface area (Å²) in [7, 11) is 0. The largest absolute Gasteiger partial charge is 0.492 e. The van der Waals surface area contributed by atoms with E-state index in [1.165, 1.54) is 5.56 Å². The Kier molecular flexibility index (Phi) is 4.02. The first-order chi connectivity index (χ1) is 8.22. The van der Waals surface area contributed by atoms with Gasteiger partial charge in [0.2, 0.25) is 0 Å². The van der Waals surface area contributed by atoms with E-state index in [2.05, 4.69) is 6.07 Å². The van der Waals surface area contributed by atoms with E-state index in [4.69, 9.17) is 10.5 Å². The fraction of sp³-hybridized carbons (Fsp3) is 0.571. The fourth-order valence-electron chi connectivity index (χ4n) is 2.18. The molecule has 2 rings (SSSR count). The minimum absolute atomic E-state index is 0.395. The number of aliphatic hydroxyl groups is 1. The number of rotatable bonds is 6. The molecule has 1 saturated carbocycles. The Bertz CT molecular complexity index is 361. The third-order valence-electron chi connectivity index (χ3n) is 3.45. The van der Waals surface area contributed by atoms with Crippen LogP contribution in [0, 0.1) is 0 Å². The number of ether oxygens (including phenoxy) is 1. The molecule has 0 atom stereocenters. The third-order valence-corrected chi connectivity index (χ3v) is 3.45. The Balaban J connectivity index is 1.87. The quantitative estimate of drug-likeness (QED) is 0.791. The highest BCUT2D eigenvalue weighted by Gasteiger charge is 2.33. The molecule has 1 aliphatic carbocycles. The van der Waals surface area contributed by atoms with Crippen LogP contribution in [0.5, 0.6) is 5.75 Å². The zero-order valence-corrected chi connectivity index (χ0v) is 10.2. The van der Waals surface area contributed by atoms with Crippen LogP contribution in [0.3, 0.4) is 0 Å². The van der Waals surface area contributed by atoms with Crippen molar-refractivity contribution in [2.75, 3.05) is 13.2 Å². The third kappa shape index (κ3) is 3.45. The molecule has 0 saturated heterocycles. The van der Waals surface area contributed by atoms with E-state index in [0.717, 1.165) is 37.9 Å². The molecule has 0 heterocycles. The minimum Gasteiger partial charge on any atom is -0.492 e. The Morgan fingerprint density at radius 3 is 2.82 bits per heavy atom. The molecule has 1 aliphatic rings. The lowest BCUT2D eigenvalue weighted by Gasteiger charge is -2.36. The molecule has 1 aromatic rings. The SMILES string of the molecule is NCCOc1cccc(CCC2(O)CCC2)c1. The second-order valence-electron chi connectivity index (χ2n) is 4.86. The number of hydrogen-bond donors (Lipinski definition) is 2. The predicted molar refractivity (Wildman–Crippen MR) is 68.1 cm³/mol. The predicted octanol–water partition coefficient (Wildman–Crippen LogP) is 1.87. The Hall–Kier alpha value is -1.06. The Morgan fingerprint density at radius 2 is 2.18 bits per heavy atom. The fourth-order valence-corrected chi connectivity index (χ4v) is 2.18. The van der Waals surface area contributed by atoms with Gasteiger partial charge >= 0.3 is 0 Å². The van der Waals surface area contributed by atoms with Crippen molar-refractivity contribution in [3.8, 4) is 5.75 Å². The molecule has 0 aliphatic heterocycles. The summed E-state index contributed by atoms with van der Waals surface area (Å²) in [5.41, 5.74) is 6.23. The van der Waals surface area contributed by atoms with Crippen LogP contribution < -0.4 is 10.5 Å². The number of benzene rings is 1. The van der Waals surface area contributed by atoms with Gasteiger partial charge in [0.1, 0.15) is 12.4 Å². The van der Waals surface area contributed by atoms with Gasteiger partial charge in [-0.15, -0.1) is 0 Å². The topological polar surface area (TPSA) is 55.5 Å². The van der Waals surface area contributed by atoms with Crippen molar-refractivity contribution in [1.82, 2.24) is 0 Å². The molecule has 0 aromatic heterocycles. The number of nitrogens with two attached hydrogens (primary N) is 1. The summed E-state index contributed by atoms with van der Waals surface area (Å²) < 4.78 is 5.48. The van der Waals surface area contributed by atoms with Gasteiger partial charge in [0.15, 0.2) is 0 Å². The molecule has 0 spiro atoms. The van der Waals surface area contributed by atoms with E-state index >= 15 is 0 Å². The van der Waals surface area contributed by atoms with Crippen molar-refractivity contribution in [3.05, 3.63) is 29.8 Å². The van der Waals surface area contributed by atoms with Gasteiger partial charge < -0.3 is 15.6 Å². The first-order valence-electron chi connectivity index (χ1n) is 6.36. The monoisotopic (exact) mass is 235 g/mol. The second-order valence-corrected chi connectivity index (χ2v) is 4.86. The number of hydrogen-bond acceptors (Lipinski definition) is 3. The molecular formula is C14H21NO2. The smallest absolute Gasteiger partial charge is 0.119 e. The van der Waals surface area contributed by atoms with Gasteiger partial charge in [-0.3, -0.25) is 0 Å². The van der Waals surface area contributed by atoms with Crippen LogP contribution in [0.2, 0.25) is 0 Å². The average Bonchev–Trinajstić information content (AvgIpc) is 2.32. The first-order valence-corrected chi connectivity index (χ1v) is 6.36. The van der Waals surface area contributed by atoms with Gasteiger partial charge in [0.05, 0.1) is 5.60 Å². The Morgan fingerprint density at radius 1 is 1.35 bits per heavy atom. The summed E-state index contributed by atoms with van der Waals surface area (Å²) in [5, 5.41) is 10.0. The molecule has 0 bridgehead atoms. The highest BCUT2D eigenvalue weighted by Crippen LogP contribution is 2.35. The van der Waals surface area contributed by atoms with Crippen molar-refractivity contribution < 1.29 is 9.84 Å². The molecular weight excluding hydrogens is 214 g/mol. The summed E-state index contributed by atoms with van der Waals surface area (Å²) in [5.74, 6) is 0.869. The first kappa shape index (κ1) is 12.4. The van der Waals surface area contributed by atoms with E-state index in [-0.39, 0.29) is 0 Å². The lowest BCUT2D eigenvalue weighted by molar-refractivity contribution is -0.0397. The van der Waals surface area contributed by atoms with E-state index in [1.54, 1.807) is 0 Å². The van der Waals surface area contributed by atoms with Crippen molar-refractivity contribution in [3.63, 3.8) is 0 Å². The molecule has 0 amide bonds. The lowest BCUT2D eigenvalue weighted by atomic mass is 9.76. The standard InChI is InChI=1S/C14H21NO2/c15-9-10-17-13-4-1-3-12(11-13)5-8-14(16)6-2-7-14/h1,3-4,11,16H,2,5-10,15H2. The molecule has 3 N–H and O–H groups in total. The molecule has 17 heavy (non-hydrogen) atoms. The lowest BCUT2D eigenvalue weighted by Crippen LogP contribution is -2.36. The number of aryl methyl sites for hydroxylation is 1. The van der Waals surface area contributed by atoms with Crippen LogP contribution in [-0.2, 0) is 6.42 Å². The highest BCUT2D eigenvalue weighted by molar-refractivity contribution is 5.28. The maximum absolute atomic E-state index is 10.0. The van der Waals surface area contributed by atoms with Crippen LogP contribution in [0.1, 0.15) is 31.2 Å². The van der Waals surface area contributed by atoms with E-state index in [1.807, 2.05) is 18.2 Å².